The van der Waals surface area contributed by atoms with Gasteiger partial charge in [0.15, 0.2) is 0 Å². The molecule has 104 valence electrons. The minimum Gasteiger partial charge on any atom is -0.478 e. The summed E-state index contributed by atoms with van der Waals surface area (Å²) < 4.78 is 0. The minimum absolute atomic E-state index is 0.0397. The number of nitrogens with zero attached hydrogens (tertiary/aromatic N) is 1. The molecule has 0 aromatic carbocycles. The van der Waals surface area contributed by atoms with E-state index < -0.39 is 12.0 Å². The monoisotopic (exact) mass is 265 g/mol. The van der Waals surface area contributed by atoms with Crippen molar-refractivity contribution in [1.82, 2.24) is 10.3 Å². The van der Waals surface area contributed by atoms with Crippen molar-refractivity contribution in [2.75, 3.05) is 5.32 Å². The van der Waals surface area contributed by atoms with Crippen molar-refractivity contribution >= 4 is 17.7 Å². The molecule has 1 atom stereocenters. The summed E-state index contributed by atoms with van der Waals surface area (Å²) in [6, 6.07) is 2.40. The lowest BCUT2D eigenvalue weighted by molar-refractivity contribution is -0.122. The predicted octanol–water partition coefficient (Wildman–Crippen LogP) is 1.49. The van der Waals surface area contributed by atoms with Crippen molar-refractivity contribution in [2.24, 2.45) is 0 Å². The van der Waals surface area contributed by atoms with Gasteiger partial charge in [-0.25, -0.2) is 9.78 Å². The third-order valence-electron chi connectivity index (χ3n) is 2.28. The summed E-state index contributed by atoms with van der Waals surface area (Å²) in [6.45, 7) is 7.28. The molecule has 3 N–H and O–H groups in total. The van der Waals surface area contributed by atoms with Gasteiger partial charge in [0.1, 0.15) is 17.4 Å². The third kappa shape index (κ3) is 4.57. The average molecular weight is 265 g/mol. The molecule has 0 aliphatic heterocycles. The number of hydrogen-bond acceptors (Lipinski definition) is 4. The van der Waals surface area contributed by atoms with Crippen LogP contribution in [0.15, 0.2) is 18.3 Å². The van der Waals surface area contributed by atoms with E-state index in [0.29, 0.717) is 0 Å². The van der Waals surface area contributed by atoms with Gasteiger partial charge in [0.05, 0.1) is 0 Å². The summed E-state index contributed by atoms with van der Waals surface area (Å²) in [6.07, 6.45) is 1.48. The number of carbonyl (C=O) groups is 2. The SMILES string of the molecule is CC(Nc1ncccc1C(=O)O)C(=O)NC(C)(C)C. The fourth-order valence-corrected chi connectivity index (χ4v) is 1.44. The molecule has 1 aromatic rings. The predicted molar refractivity (Wildman–Crippen MR) is 72.2 cm³/mol. The molecule has 6 nitrogen and oxygen atoms in total. The number of amides is 1. The highest BCUT2D eigenvalue weighted by Crippen LogP contribution is 2.12. The molecule has 0 aliphatic rings. The van der Waals surface area contributed by atoms with Crippen molar-refractivity contribution in [3.8, 4) is 0 Å². The van der Waals surface area contributed by atoms with Gasteiger partial charge in [-0.05, 0) is 39.8 Å². The Bertz CT molecular complexity index is 480. The van der Waals surface area contributed by atoms with Crippen molar-refractivity contribution in [1.29, 1.82) is 0 Å². The number of nitrogens with one attached hydrogen (secondary N) is 2. The van der Waals surface area contributed by atoms with Crippen LogP contribution in [0, 0.1) is 0 Å². The fourth-order valence-electron chi connectivity index (χ4n) is 1.44. The number of carbonyl (C=O) groups excluding carboxylic acids is 1. The van der Waals surface area contributed by atoms with Gasteiger partial charge >= 0.3 is 5.97 Å². The Morgan fingerprint density at radius 1 is 1.37 bits per heavy atom. The molecule has 0 fully saturated rings. The summed E-state index contributed by atoms with van der Waals surface area (Å²) in [5.41, 5.74) is -0.301. The summed E-state index contributed by atoms with van der Waals surface area (Å²) >= 11 is 0. The molecule has 19 heavy (non-hydrogen) atoms. The van der Waals surface area contributed by atoms with Gasteiger partial charge in [-0.3, -0.25) is 4.79 Å². The van der Waals surface area contributed by atoms with E-state index in [9.17, 15) is 9.59 Å². The molecule has 0 spiro atoms. The van der Waals surface area contributed by atoms with Crippen LogP contribution < -0.4 is 10.6 Å². The van der Waals surface area contributed by atoms with Crippen molar-refractivity contribution in [3.63, 3.8) is 0 Å². The van der Waals surface area contributed by atoms with E-state index in [-0.39, 0.29) is 22.8 Å². The van der Waals surface area contributed by atoms with Gasteiger partial charge in [-0.1, -0.05) is 0 Å². The smallest absolute Gasteiger partial charge is 0.339 e. The van der Waals surface area contributed by atoms with E-state index in [1.807, 2.05) is 20.8 Å². The van der Waals surface area contributed by atoms with E-state index in [2.05, 4.69) is 15.6 Å². The zero-order chi connectivity index (χ0) is 14.6. The van der Waals surface area contributed by atoms with Crippen LogP contribution in [0.5, 0.6) is 0 Å². The number of pyridine rings is 1. The topological polar surface area (TPSA) is 91.3 Å². The Kier molecular flexibility index (Phi) is 4.47. The lowest BCUT2D eigenvalue weighted by Gasteiger charge is -2.24. The Labute approximate surface area is 112 Å². The Morgan fingerprint density at radius 3 is 2.53 bits per heavy atom. The zero-order valence-electron chi connectivity index (χ0n) is 11.5. The van der Waals surface area contributed by atoms with Gasteiger partial charge in [-0.2, -0.15) is 0 Å². The van der Waals surface area contributed by atoms with Gasteiger partial charge in [-0.15, -0.1) is 0 Å². The second-order valence-corrected chi connectivity index (χ2v) is 5.31. The van der Waals surface area contributed by atoms with Gasteiger partial charge in [0, 0.05) is 11.7 Å². The lowest BCUT2D eigenvalue weighted by atomic mass is 10.1. The molecule has 0 saturated heterocycles. The van der Waals surface area contributed by atoms with E-state index >= 15 is 0 Å². The largest absolute Gasteiger partial charge is 0.478 e. The molecule has 6 heteroatoms. The molecule has 1 unspecified atom stereocenters. The van der Waals surface area contributed by atoms with Crippen LogP contribution in [0.3, 0.4) is 0 Å². The van der Waals surface area contributed by atoms with Crippen LogP contribution in [0.25, 0.3) is 0 Å². The third-order valence-corrected chi connectivity index (χ3v) is 2.28. The van der Waals surface area contributed by atoms with Crippen LogP contribution in [0.2, 0.25) is 0 Å². The van der Waals surface area contributed by atoms with Crippen molar-refractivity contribution < 1.29 is 14.7 Å². The number of anilines is 1. The lowest BCUT2D eigenvalue weighted by Crippen LogP contribution is -2.47. The highest BCUT2D eigenvalue weighted by Gasteiger charge is 2.21. The van der Waals surface area contributed by atoms with Crippen molar-refractivity contribution in [3.05, 3.63) is 23.9 Å². The number of aromatic nitrogens is 1. The molecule has 1 heterocycles. The average Bonchev–Trinajstić information content (AvgIpc) is 2.27. The standard InChI is InChI=1S/C13H19N3O3/c1-8(11(17)16-13(2,3)4)15-10-9(12(18)19)6-5-7-14-10/h5-8H,1-4H3,(H,14,15)(H,16,17)(H,18,19). The minimum atomic E-state index is -1.08. The maximum absolute atomic E-state index is 11.9. The Morgan fingerprint density at radius 2 is 2.00 bits per heavy atom. The first-order valence-corrected chi connectivity index (χ1v) is 5.97. The van der Waals surface area contributed by atoms with Crippen LogP contribution in [0.4, 0.5) is 5.82 Å². The van der Waals surface area contributed by atoms with Crippen molar-refractivity contribution in [2.45, 2.75) is 39.3 Å². The van der Waals surface area contributed by atoms with Gasteiger partial charge in [0.25, 0.3) is 0 Å². The first-order chi connectivity index (χ1) is 8.70. The maximum atomic E-state index is 11.9. The van der Waals surface area contributed by atoms with Gasteiger partial charge < -0.3 is 15.7 Å². The summed E-state index contributed by atoms with van der Waals surface area (Å²) in [5, 5.41) is 14.6. The van der Waals surface area contributed by atoms with E-state index in [4.69, 9.17) is 5.11 Å². The highest BCUT2D eigenvalue weighted by atomic mass is 16.4. The normalized spacial score (nSPS) is 12.6. The van der Waals surface area contributed by atoms with Crippen LogP contribution in [-0.4, -0.2) is 33.5 Å². The molecule has 1 rings (SSSR count). The molecule has 0 radical (unpaired) electrons. The number of hydrogen-bond donors (Lipinski definition) is 3. The van der Waals surface area contributed by atoms with Gasteiger partial charge in [0.2, 0.25) is 5.91 Å². The number of aromatic carboxylic acids is 1. The van der Waals surface area contributed by atoms with Crippen LogP contribution in [0.1, 0.15) is 38.1 Å². The molecule has 0 bridgehead atoms. The second-order valence-electron chi connectivity index (χ2n) is 5.31. The quantitative estimate of drug-likeness (QED) is 0.767. The number of carboxylic acid groups (broad SMARTS) is 1. The molecule has 1 amide bonds. The maximum Gasteiger partial charge on any atom is 0.339 e. The Balaban J connectivity index is 2.80. The summed E-state index contributed by atoms with van der Waals surface area (Å²) in [5.74, 6) is -1.11. The summed E-state index contributed by atoms with van der Waals surface area (Å²) in [7, 11) is 0. The molecule has 0 aliphatic carbocycles. The van der Waals surface area contributed by atoms with Crippen LogP contribution >= 0.6 is 0 Å². The molecular weight excluding hydrogens is 246 g/mol. The number of carboxylic acids is 1. The van der Waals surface area contributed by atoms with E-state index in [1.165, 1.54) is 18.3 Å². The zero-order valence-corrected chi connectivity index (χ0v) is 11.5. The van der Waals surface area contributed by atoms with Crippen LogP contribution in [-0.2, 0) is 4.79 Å². The second kappa shape index (κ2) is 5.69. The highest BCUT2D eigenvalue weighted by molar-refractivity contribution is 5.94. The number of rotatable bonds is 4. The first kappa shape index (κ1) is 14.9. The molecular formula is C13H19N3O3. The molecule has 1 aromatic heterocycles. The fraction of sp³-hybridized carbons (Fsp3) is 0.462. The van der Waals surface area contributed by atoms with E-state index in [0.717, 1.165) is 0 Å². The first-order valence-electron chi connectivity index (χ1n) is 5.97. The molecule has 0 saturated carbocycles. The van der Waals surface area contributed by atoms with E-state index in [1.54, 1.807) is 6.92 Å². The Hall–Kier alpha value is -2.11. The summed E-state index contributed by atoms with van der Waals surface area (Å²) in [4.78, 5) is 26.9.